The van der Waals surface area contributed by atoms with Gasteiger partial charge in [-0.1, -0.05) is 12.1 Å². The minimum absolute atomic E-state index is 0.189. The van der Waals surface area contributed by atoms with E-state index in [4.69, 9.17) is 4.74 Å². The summed E-state index contributed by atoms with van der Waals surface area (Å²) in [5, 5.41) is 2.48. The highest BCUT2D eigenvalue weighted by molar-refractivity contribution is 6.16. The molecular weight excluding hydrogens is 298 g/mol. The molecule has 1 unspecified atom stereocenters. The SMILES string of the molecule is CCN1C(=O)C(C)(C(=O)NCC(=O)N(C)C)Oc2ccccc21. The molecule has 0 saturated carbocycles. The lowest BCUT2D eigenvalue weighted by molar-refractivity contribution is -0.149. The Morgan fingerprint density at radius 2 is 1.96 bits per heavy atom. The molecule has 1 aromatic rings. The van der Waals surface area contributed by atoms with Crippen molar-refractivity contribution in [1.82, 2.24) is 10.2 Å². The highest BCUT2D eigenvalue weighted by Gasteiger charge is 2.50. The molecule has 0 aliphatic carbocycles. The Hall–Kier alpha value is -2.57. The normalized spacial score (nSPS) is 19.7. The molecule has 1 aliphatic heterocycles. The second-order valence-electron chi connectivity index (χ2n) is 5.62. The Labute approximate surface area is 135 Å². The van der Waals surface area contributed by atoms with Gasteiger partial charge in [-0.25, -0.2) is 0 Å². The summed E-state index contributed by atoms with van der Waals surface area (Å²) in [6.45, 7) is 3.47. The van der Waals surface area contributed by atoms with Crippen molar-refractivity contribution in [2.45, 2.75) is 19.4 Å². The van der Waals surface area contributed by atoms with Crippen molar-refractivity contribution in [3.05, 3.63) is 24.3 Å². The zero-order valence-electron chi connectivity index (χ0n) is 13.8. The summed E-state index contributed by atoms with van der Waals surface area (Å²) in [5.74, 6) is -0.886. The number of fused-ring (bicyclic) bond motifs is 1. The predicted molar refractivity (Wildman–Crippen MR) is 85.2 cm³/mol. The highest BCUT2D eigenvalue weighted by Crippen LogP contribution is 2.37. The van der Waals surface area contributed by atoms with Gasteiger partial charge in [-0.15, -0.1) is 0 Å². The van der Waals surface area contributed by atoms with E-state index in [0.717, 1.165) is 0 Å². The van der Waals surface area contributed by atoms with E-state index in [9.17, 15) is 14.4 Å². The number of hydrogen-bond donors (Lipinski definition) is 1. The summed E-state index contributed by atoms with van der Waals surface area (Å²) in [7, 11) is 3.18. The van der Waals surface area contributed by atoms with Crippen LogP contribution in [0.2, 0.25) is 0 Å². The first kappa shape index (κ1) is 16.8. The lowest BCUT2D eigenvalue weighted by Gasteiger charge is -2.39. The van der Waals surface area contributed by atoms with Gasteiger partial charge >= 0.3 is 0 Å². The smallest absolute Gasteiger partial charge is 0.280 e. The first-order valence-corrected chi connectivity index (χ1v) is 7.39. The topological polar surface area (TPSA) is 79.0 Å². The number of para-hydroxylation sites is 2. The number of carbonyl (C=O) groups excluding carboxylic acids is 3. The van der Waals surface area contributed by atoms with Crippen LogP contribution in [0.3, 0.4) is 0 Å². The van der Waals surface area contributed by atoms with Gasteiger partial charge in [0.25, 0.3) is 17.4 Å². The number of nitrogens with one attached hydrogen (secondary N) is 1. The molecule has 124 valence electrons. The Bertz CT molecular complexity index is 644. The Kier molecular flexibility index (Phi) is 4.58. The van der Waals surface area contributed by atoms with Crippen molar-refractivity contribution >= 4 is 23.4 Å². The summed E-state index contributed by atoms with van der Waals surface area (Å²) in [5.41, 5.74) is -1.06. The third-order valence-corrected chi connectivity index (χ3v) is 3.77. The average Bonchev–Trinajstić information content (AvgIpc) is 2.53. The van der Waals surface area contributed by atoms with Gasteiger partial charge in [0, 0.05) is 20.6 Å². The summed E-state index contributed by atoms with van der Waals surface area (Å²) in [6.07, 6.45) is 0. The minimum atomic E-state index is -1.70. The van der Waals surface area contributed by atoms with Crippen LogP contribution in [-0.4, -0.2) is 55.4 Å². The molecule has 23 heavy (non-hydrogen) atoms. The zero-order chi connectivity index (χ0) is 17.2. The van der Waals surface area contributed by atoms with Crippen LogP contribution in [0.15, 0.2) is 24.3 Å². The first-order chi connectivity index (χ1) is 10.8. The number of carbonyl (C=O) groups is 3. The molecule has 7 heteroatoms. The molecule has 2 rings (SSSR count). The molecular formula is C16H21N3O4. The van der Waals surface area contributed by atoms with E-state index in [1.165, 1.54) is 16.7 Å². The largest absolute Gasteiger partial charge is 0.466 e. The molecule has 1 aliphatic rings. The summed E-state index contributed by atoms with van der Waals surface area (Å²) in [6, 6.07) is 7.05. The van der Waals surface area contributed by atoms with Crippen LogP contribution in [0.25, 0.3) is 0 Å². The average molecular weight is 319 g/mol. The fourth-order valence-electron chi connectivity index (χ4n) is 2.34. The van der Waals surface area contributed by atoms with Crippen molar-refractivity contribution in [2.24, 2.45) is 0 Å². The van der Waals surface area contributed by atoms with Gasteiger partial charge in [0.05, 0.1) is 12.2 Å². The van der Waals surface area contributed by atoms with Crippen molar-refractivity contribution < 1.29 is 19.1 Å². The molecule has 7 nitrogen and oxygen atoms in total. The van der Waals surface area contributed by atoms with Crippen LogP contribution < -0.4 is 15.0 Å². The fraction of sp³-hybridized carbons (Fsp3) is 0.438. The van der Waals surface area contributed by atoms with Crippen LogP contribution in [0.1, 0.15) is 13.8 Å². The molecule has 1 aromatic carbocycles. The van der Waals surface area contributed by atoms with Gasteiger partial charge < -0.3 is 19.9 Å². The van der Waals surface area contributed by atoms with Gasteiger partial charge in [0.15, 0.2) is 0 Å². The maximum absolute atomic E-state index is 12.7. The zero-order valence-corrected chi connectivity index (χ0v) is 13.8. The number of anilines is 1. The molecule has 0 aromatic heterocycles. The van der Waals surface area contributed by atoms with Crippen LogP contribution in [0, 0.1) is 0 Å². The van der Waals surface area contributed by atoms with Crippen molar-refractivity contribution in [2.75, 3.05) is 32.1 Å². The maximum Gasteiger partial charge on any atom is 0.280 e. The third-order valence-electron chi connectivity index (χ3n) is 3.77. The van der Waals surface area contributed by atoms with E-state index in [-0.39, 0.29) is 12.5 Å². The van der Waals surface area contributed by atoms with Gasteiger partial charge in [-0.05, 0) is 26.0 Å². The molecule has 0 bridgehead atoms. The predicted octanol–water partition coefficient (Wildman–Crippen LogP) is 0.395. The monoisotopic (exact) mass is 319 g/mol. The standard InChI is InChI=1S/C16H21N3O4/c1-5-19-11-8-6-7-9-12(11)23-16(2,15(19)22)14(21)17-10-13(20)18(3)4/h6-9H,5,10H2,1-4H3,(H,17,21). The number of likely N-dealkylation sites (N-methyl/N-ethyl adjacent to an activating group) is 2. The van der Waals surface area contributed by atoms with E-state index in [1.807, 2.05) is 6.92 Å². The van der Waals surface area contributed by atoms with E-state index < -0.39 is 17.4 Å². The number of rotatable bonds is 4. The fourth-order valence-corrected chi connectivity index (χ4v) is 2.34. The van der Waals surface area contributed by atoms with Crippen LogP contribution in [0.4, 0.5) is 5.69 Å². The van der Waals surface area contributed by atoms with Crippen molar-refractivity contribution in [1.29, 1.82) is 0 Å². The number of benzene rings is 1. The Morgan fingerprint density at radius 1 is 1.30 bits per heavy atom. The van der Waals surface area contributed by atoms with E-state index >= 15 is 0 Å². The molecule has 1 heterocycles. The molecule has 0 fully saturated rings. The van der Waals surface area contributed by atoms with Gasteiger partial charge in [0.1, 0.15) is 5.75 Å². The second-order valence-corrected chi connectivity index (χ2v) is 5.62. The van der Waals surface area contributed by atoms with Crippen molar-refractivity contribution in [3.8, 4) is 5.75 Å². The molecule has 0 saturated heterocycles. The Morgan fingerprint density at radius 3 is 2.57 bits per heavy atom. The lowest BCUT2D eigenvalue weighted by Crippen LogP contribution is -2.62. The summed E-state index contributed by atoms with van der Waals surface area (Å²) in [4.78, 5) is 39.7. The number of nitrogens with zero attached hydrogens (tertiary/aromatic N) is 2. The molecule has 0 spiro atoms. The number of hydrogen-bond acceptors (Lipinski definition) is 4. The maximum atomic E-state index is 12.7. The quantitative estimate of drug-likeness (QED) is 0.815. The van der Waals surface area contributed by atoms with Gasteiger partial charge in [-0.3, -0.25) is 14.4 Å². The second kappa shape index (κ2) is 6.28. The lowest BCUT2D eigenvalue weighted by atomic mass is 10.00. The first-order valence-electron chi connectivity index (χ1n) is 7.39. The van der Waals surface area contributed by atoms with Crippen molar-refractivity contribution in [3.63, 3.8) is 0 Å². The van der Waals surface area contributed by atoms with E-state index in [2.05, 4.69) is 5.32 Å². The van der Waals surface area contributed by atoms with Gasteiger partial charge in [-0.2, -0.15) is 0 Å². The molecule has 3 amide bonds. The van der Waals surface area contributed by atoms with Crippen LogP contribution in [0.5, 0.6) is 5.75 Å². The summed E-state index contributed by atoms with van der Waals surface area (Å²) < 4.78 is 5.69. The van der Waals surface area contributed by atoms with E-state index in [0.29, 0.717) is 18.0 Å². The molecule has 1 atom stereocenters. The van der Waals surface area contributed by atoms with Gasteiger partial charge in [0.2, 0.25) is 5.91 Å². The summed E-state index contributed by atoms with van der Waals surface area (Å²) >= 11 is 0. The number of ether oxygens (including phenoxy) is 1. The molecule has 0 radical (unpaired) electrons. The highest BCUT2D eigenvalue weighted by atomic mass is 16.5. The van der Waals surface area contributed by atoms with Crippen LogP contribution >= 0.6 is 0 Å². The Balaban J connectivity index is 2.25. The number of amides is 3. The third kappa shape index (κ3) is 2.99. The minimum Gasteiger partial charge on any atom is -0.466 e. The molecule has 1 N–H and O–H groups in total. The van der Waals surface area contributed by atoms with Crippen LogP contribution in [-0.2, 0) is 14.4 Å². The van der Waals surface area contributed by atoms with E-state index in [1.54, 1.807) is 38.4 Å².